The summed E-state index contributed by atoms with van der Waals surface area (Å²) in [6, 6.07) is 4.15. The van der Waals surface area contributed by atoms with E-state index in [1.807, 2.05) is 0 Å². The van der Waals surface area contributed by atoms with Gasteiger partial charge in [0.25, 0.3) is 0 Å². The van der Waals surface area contributed by atoms with Crippen molar-refractivity contribution < 1.29 is 27.8 Å². The van der Waals surface area contributed by atoms with E-state index in [4.69, 9.17) is 9.95 Å². The largest absolute Gasteiger partial charge is 0.481 e. The lowest BCUT2D eigenvalue weighted by atomic mass is 9.93. The Balaban J connectivity index is 2.00. The van der Waals surface area contributed by atoms with Crippen LogP contribution in [0.25, 0.3) is 21.9 Å². The van der Waals surface area contributed by atoms with Crippen molar-refractivity contribution in [3.8, 4) is 17.2 Å². The molecule has 3 rings (SSSR count). The number of hydrogen-bond donors (Lipinski definition) is 1. The van der Waals surface area contributed by atoms with Gasteiger partial charge in [0.05, 0.1) is 17.7 Å². The van der Waals surface area contributed by atoms with Crippen molar-refractivity contribution in [2.75, 3.05) is 0 Å². The number of carboxylic acids is 1. The summed E-state index contributed by atoms with van der Waals surface area (Å²) in [4.78, 5) is 18.3. The van der Waals surface area contributed by atoms with Gasteiger partial charge in [-0.05, 0) is 36.6 Å². The standard InChI is InChI=1S/C15H12F2N4O4/c16-14(17)25-11-2-1-8(5-10(11)15(3-4-15)13(22)23)12-20-9(7-24-12)6-19-21-18/h1-2,5,7,14H,3-4,6H2,(H,22,23). The van der Waals surface area contributed by atoms with Crippen LogP contribution in [-0.2, 0) is 16.8 Å². The molecule has 0 aliphatic heterocycles. The molecule has 25 heavy (non-hydrogen) atoms. The Hall–Kier alpha value is -3.13. The number of hydrogen-bond acceptors (Lipinski definition) is 5. The molecule has 1 aliphatic carbocycles. The van der Waals surface area contributed by atoms with E-state index in [9.17, 15) is 18.7 Å². The summed E-state index contributed by atoms with van der Waals surface area (Å²) in [5.74, 6) is -1.12. The normalized spacial score (nSPS) is 14.8. The molecule has 8 nitrogen and oxygen atoms in total. The molecular formula is C15H12F2N4O4. The van der Waals surface area contributed by atoms with Crippen LogP contribution in [0.1, 0.15) is 24.1 Å². The highest BCUT2D eigenvalue weighted by atomic mass is 19.3. The van der Waals surface area contributed by atoms with Crippen LogP contribution in [0.4, 0.5) is 8.78 Å². The van der Waals surface area contributed by atoms with E-state index in [1.165, 1.54) is 24.5 Å². The topological polar surface area (TPSA) is 121 Å². The Morgan fingerprint density at radius 2 is 2.28 bits per heavy atom. The molecule has 1 fully saturated rings. The number of aromatic nitrogens is 1. The Bertz CT molecular complexity index is 857. The third kappa shape index (κ3) is 3.24. The molecule has 0 spiro atoms. The summed E-state index contributed by atoms with van der Waals surface area (Å²) >= 11 is 0. The predicted molar refractivity (Wildman–Crippen MR) is 80.0 cm³/mol. The average molecular weight is 350 g/mol. The van der Waals surface area contributed by atoms with Crippen LogP contribution in [0.5, 0.6) is 5.75 Å². The minimum Gasteiger partial charge on any atom is -0.481 e. The van der Waals surface area contributed by atoms with Gasteiger partial charge in [0.1, 0.15) is 12.0 Å². The lowest BCUT2D eigenvalue weighted by Crippen LogP contribution is -2.21. The SMILES string of the molecule is [N-]=[N+]=NCc1coc(-c2ccc(OC(F)F)c(C3(C(=O)O)CC3)c2)n1. The van der Waals surface area contributed by atoms with Gasteiger partial charge in [0, 0.05) is 16.0 Å². The second kappa shape index (κ2) is 6.40. The molecular weight excluding hydrogens is 338 g/mol. The average Bonchev–Trinajstić information content (AvgIpc) is 3.25. The van der Waals surface area contributed by atoms with Gasteiger partial charge in [-0.3, -0.25) is 4.79 Å². The third-order valence-electron chi connectivity index (χ3n) is 3.97. The number of nitrogens with zero attached hydrogens (tertiary/aromatic N) is 4. The van der Waals surface area contributed by atoms with Crippen molar-refractivity contribution in [3.05, 3.63) is 46.2 Å². The molecule has 0 atom stereocenters. The number of azide groups is 1. The fraction of sp³-hybridized carbons (Fsp3) is 0.333. The second-order valence-electron chi connectivity index (χ2n) is 5.51. The molecule has 10 heteroatoms. The van der Waals surface area contributed by atoms with Crippen LogP contribution in [-0.4, -0.2) is 22.7 Å². The van der Waals surface area contributed by atoms with Crippen molar-refractivity contribution in [2.24, 2.45) is 5.11 Å². The molecule has 1 saturated carbocycles. The summed E-state index contributed by atoms with van der Waals surface area (Å²) in [7, 11) is 0. The number of benzene rings is 1. The molecule has 0 amide bonds. The molecule has 1 aliphatic rings. The molecule has 1 aromatic carbocycles. The zero-order chi connectivity index (χ0) is 18.0. The highest BCUT2D eigenvalue weighted by Crippen LogP contribution is 2.52. The molecule has 1 aromatic heterocycles. The Kier molecular flexibility index (Phi) is 4.28. The molecule has 0 unspecified atom stereocenters. The van der Waals surface area contributed by atoms with Crippen molar-refractivity contribution in [1.29, 1.82) is 0 Å². The highest BCUT2D eigenvalue weighted by molar-refractivity contribution is 5.86. The predicted octanol–water partition coefficient (Wildman–Crippen LogP) is 3.87. The molecule has 0 radical (unpaired) electrons. The maximum atomic E-state index is 12.6. The van der Waals surface area contributed by atoms with Gasteiger partial charge in [-0.15, -0.1) is 0 Å². The van der Waals surface area contributed by atoms with E-state index in [0.717, 1.165) is 0 Å². The van der Waals surface area contributed by atoms with Crippen molar-refractivity contribution in [2.45, 2.75) is 31.4 Å². The number of aliphatic carboxylic acids is 1. The van der Waals surface area contributed by atoms with E-state index in [2.05, 4.69) is 19.7 Å². The van der Waals surface area contributed by atoms with Crippen LogP contribution in [0.15, 0.2) is 34.0 Å². The van der Waals surface area contributed by atoms with Crippen LogP contribution in [0.3, 0.4) is 0 Å². The fourth-order valence-corrected chi connectivity index (χ4v) is 2.58. The molecule has 2 aromatic rings. The molecule has 130 valence electrons. The lowest BCUT2D eigenvalue weighted by molar-refractivity contribution is -0.140. The highest BCUT2D eigenvalue weighted by Gasteiger charge is 2.53. The molecule has 1 heterocycles. The van der Waals surface area contributed by atoms with Gasteiger partial charge >= 0.3 is 12.6 Å². The van der Waals surface area contributed by atoms with Gasteiger partial charge in [-0.25, -0.2) is 4.98 Å². The van der Waals surface area contributed by atoms with Crippen LogP contribution in [0.2, 0.25) is 0 Å². The number of alkyl halides is 2. The minimum absolute atomic E-state index is 0.00149. The summed E-state index contributed by atoms with van der Waals surface area (Å²) in [6.45, 7) is -3.07. The lowest BCUT2D eigenvalue weighted by Gasteiger charge is -2.16. The molecule has 0 bridgehead atoms. The van der Waals surface area contributed by atoms with E-state index >= 15 is 0 Å². The molecule has 1 N–H and O–H groups in total. The van der Waals surface area contributed by atoms with Crippen LogP contribution >= 0.6 is 0 Å². The van der Waals surface area contributed by atoms with Gasteiger partial charge in [-0.1, -0.05) is 5.11 Å². The van der Waals surface area contributed by atoms with Gasteiger partial charge in [0.2, 0.25) is 5.89 Å². The van der Waals surface area contributed by atoms with E-state index < -0.39 is 18.0 Å². The Labute approximate surface area is 139 Å². The van der Waals surface area contributed by atoms with Crippen molar-refractivity contribution >= 4 is 5.97 Å². The minimum atomic E-state index is -3.06. The zero-order valence-corrected chi connectivity index (χ0v) is 12.7. The third-order valence-corrected chi connectivity index (χ3v) is 3.97. The quantitative estimate of drug-likeness (QED) is 0.461. The number of carbonyl (C=O) groups is 1. The first-order valence-corrected chi connectivity index (χ1v) is 7.24. The van der Waals surface area contributed by atoms with E-state index in [-0.39, 0.29) is 23.7 Å². The van der Waals surface area contributed by atoms with Gasteiger partial charge < -0.3 is 14.3 Å². The zero-order valence-electron chi connectivity index (χ0n) is 12.7. The van der Waals surface area contributed by atoms with Gasteiger partial charge in [-0.2, -0.15) is 8.78 Å². The van der Waals surface area contributed by atoms with Crippen molar-refractivity contribution in [3.63, 3.8) is 0 Å². The first-order chi connectivity index (χ1) is 12.0. The first-order valence-electron chi connectivity index (χ1n) is 7.24. The maximum Gasteiger partial charge on any atom is 0.387 e. The number of carboxylic acid groups (broad SMARTS) is 1. The van der Waals surface area contributed by atoms with Gasteiger partial charge in [0.15, 0.2) is 0 Å². The second-order valence-corrected chi connectivity index (χ2v) is 5.51. The summed E-state index contributed by atoms with van der Waals surface area (Å²) in [5.41, 5.74) is 8.04. The van der Waals surface area contributed by atoms with Crippen LogP contribution < -0.4 is 4.74 Å². The van der Waals surface area contributed by atoms with Crippen molar-refractivity contribution in [1.82, 2.24) is 4.98 Å². The Morgan fingerprint density at radius 1 is 1.52 bits per heavy atom. The number of rotatable bonds is 7. The Morgan fingerprint density at radius 3 is 2.88 bits per heavy atom. The summed E-state index contributed by atoms with van der Waals surface area (Å²) in [6.07, 6.45) is 1.97. The number of halogens is 2. The van der Waals surface area contributed by atoms with Crippen LogP contribution in [0, 0.1) is 0 Å². The first kappa shape index (κ1) is 16.7. The smallest absolute Gasteiger partial charge is 0.387 e. The fourth-order valence-electron chi connectivity index (χ4n) is 2.58. The van der Waals surface area contributed by atoms with E-state index in [0.29, 0.717) is 24.1 Å². The maximum absolute atomic E-state index is 12.6. The summed E-state index contributed by atoms with van der Waals surface area (Å²) in [5, 5.41) is 12.8. The van der Waals surface area contributed by atoms with E-state index in [1.54, 1.807) is 0 Å². The number of ether oxygens (including phenoxy) is 1. The summed E-state index contributed by atoms with van der Waals surface area (Å²) < 4.78 is 35.0. The molecule has 0 saturated heterocycles. The monoisotopic (exact) mass is 350 g/mol. The number of oxazole rings is 1.